The molecule has 2 aromatic carbocycles. The summed E-state index contributed by atoms with van der Waals surface area (Å²) in [5, 5.41) is 18.3. The lowest BCUT2D eigenvalue weighted by Gasteiger charge is -2.32. The summed E-state index contributed by atoms with van der Waals surface area (Å²) in [6.45, 7) is 3.62. The molecule has 0 atom stereocenters. The van der Waals surface area contributed by atoms with Crippen LogP contribution >= 0.6 is 23.9 Å². The van der Waals surface area contributed by atoms with Gasteiger partial charge < -0.3 is 0 Å². The van der Waals surface area contributed by atoms with E-state index < -0.39 is 17.8 Å². The van der Waals surface area contributed by atoms with E-state index in [-0.39, 0.29) is 5.57 Å². The Morgan fingerprint density at radius 2 is 1.12 bits per heavy atom. The molecule has 0 aromatic heterocycles. The predicted molar refractivity (Wildman–Crippen MR) is 124 cm³/mol. The molecule has 1 fully saturated rings. The zero-order valence-electron chi connectivity index (χ0n) is 17.4. The van der Waals surface area contributed by atoms with Gasteiger partial charge in [0.15, 0.2) is 0 Å². The number of hydrogen-bond acceptors (Lipinski definition) is 7. The number of nitrogens with zero attached hydrogens (tertiary/aromatic N) is 4. The van der Waals surface area contributed by atoms with Crippen molar-refractivity contribution in [2.24, 2.45) is 0 Å². The van der Waals surface area contributed by atoms with Crippen LogP contribution in [0.1, 0.15) is 36.1 Å². The number of benzene rings is 2. The van der Waals surface area contributed by atoms with Crippen molar-refractivity contribution < 1.29 is 14.4 Å². The number of rotatable bonds is 6. The average molecular weight is 463 g/mol. The fourth-order valence-corrected chi connectivity index (χ4v) is 4.50. The van der Waals surface area contributed by atoms with Gasteiger partial charge in [-0.3, -0.25) is 9.59 Å². The first-order valence-corrected chi connectivity index (χ1v) is 11.6. The first kappa shape index (κ1) is 23.1. The Kier molecular flexibility index (Phi) is 7.37. The number of amides is 4. The van der Waals surface area contributed by atoms with E-state index in [0.717, 1.165) is 32.5 Å². The standard InChI is InChI=1S/C23H18N4O3S2/c1-3-31-26-21(28)20(22(29)27(23(26)30)32-4-2)19(17-9-5-15(13-24)6-10-17)18-11-7-16(14-25)8-12-18/h5-12H,3-4H2,1-2H3. The molecule has 0 saturated carbocycles. The Bertz CT molecular complexity index is 1090. The Morgan fingerprint density at radius 3 is 1.44 bits per heavy atom. The lowest BCUT2D eigenvalue weighted by molar-refractivity contribution is -0.129. The number of carbonyl (C=O) groups is 3. The summed E-state index contributed by atoms with van der Waals surface area (Å²) >= 11 is 2.06. The molecule has 3 rings (SSSR count). The van der Waals surface area contributed by atoms with E-state index in [9.17, 15) is 14.4 Å². The summed E-state index contributed by atoms with van der Waals surface area (Å²) in [6, 6.07) is 16.4. The van der Waals surface area contributed by atoms with Crippen molar-refractivity contribution in [3.63, 3.8) is 0 Å². The maximum Gasteiger partial charge on any atom is 0.354 e. The summed E-state index contributed by atoms with van der Waals surface area (Å²) in [5.74, 6) is -0.453. The Labute approximate surface area is 194 Å². The van der Waals surface area contributed by atoms with Gasteiger partial charge in [-0.1, -0.05) is 38.1 Å². The van der Waals surface area contributed by atoms with E-state index in [4.69, 9.17) is 10.5 Å². The van der Waals surface area contributed by atoms with Crippen LogP contribution in [-0.4, -0.2) is 38.0 Å². The van der Waals surface area contributed by atoms with Gasteiger partial charge in [-0.15, -0.1) is 0 Å². The van der Waals surface area contributed by atoms with Crippen LogP contribution in [-0.2, 0) is 9.59 Å². The van der Waals surface area contributed by atoms with E-state index in [1.807, 2.05) is 26.0 Å². The zero-order valence-corrected chi connectivity index (χ0v) is 19.0. The van der Waals surface area contributed by atoms with Crippen molar-refractivity contribution in [2.45, 2.75) is 13.8 Å². The minimum atomic E-state index is -0.691. The third-order valence-corrected chi connectivity index (χ3v) is 6.19. The molecule has 0 aliphatic carbocycles. The van der Waals surface area contributed by atoms with Gasteiger partial charge >= 0.3 is 6.03 Å². The summed E-state index contributed by atoms with van der Waals surface area (Å²) < 4.78 is 2.01. The van der Waals surface area contributed by atoms with Crippen molar-refractivity contribution in [2.75, 3.05) is 11.5 Å². The molecule has 1 aliphatic heterocycles. The number of imide groups is 2. The molecule has 9 heteroatoms. The monoisotopic (exact) mass is 462 g/mol. The van der Waals surface area contributed by atoms with Crippen LogP contribution in [0, 0.1) is 22.7 Å². The lowest BCUT2D eigenvalue weighted by Crippen LogP contribution is -2.51. The van der Waals surface area contributed by atoms with Crippen LogP contribution in [0.5, 0.6) is 0 Å². The van der Waals surface area contributed by atoms with Gasteiger partial charge in [0, 0.05) is 17.1 Å². The number of barbiturate groups is 1. The second-order valence-corrected chi connectivity index (χ2v) is 8.85. The van der Waals surface area contributed by atoms with Crippen LogP contribution < -0.4 is 0 Å². The van der Waals surface area contributed by atoms with Gasteiger partial charge in [-0.05, 0) is 59.3 Å². The second-order valence-electron chi connectivity index (χ2n) is 6.45. The number of nitriles is 2. The van der Waals surface area contributed by atoms with E-state index in [1.54, 1.807) is 48.5 Å². The normalized spacial score (nSPS) is 13.8. The van der Waals surface area contributed by atoms with Gasteiger partial charge in [-0.25, -0.2) is 4.79 Å². The molecule has 0 radical (unpaired) electrons. The molecule has 4 amide bonds. The van der Waals surface area contributed by atoms with E-state index in [2.05, 4.69) is 0 Å². The molecule has 0 bridgehead atoms. The summed E-state index contributed by atoms with van der Waals surface area (Å²) in [7, 11) is 0. The highest BCUT2D eigenvalue weighted by atomic mass is 32.2. The van der Waals surface area contributed by atoms with Crippen LogP contribution in [0.15, 0.2) is 54.1 Å². The minimum Gasteiger partial charge on any atom is -0.267 e. The molecule has 0 unspecified atom stereocenters. The van der Waals surface area contributed by atoms with Gasteiger partial charge in [0.25, 0.3) is 11.8 Å². The van der Waals surface area contributed by atoms with Crippen molar-refractivity contribution in [1.82, 2.24) is 8.61 Å². The molecular formula is C23H18N4O3S2. The number of urea groups is 1. The van der Waals surface area contributed by atoms with E-state index >= 15 is 0 Å². The third-order valence-electron chi connectivity index (χ3n) is 4.52. The molecule has 1 aliphatic rings. The third kappa shape index (κ3) is 4.40. The molecule has 160 valence electrons. The van der Waals surface area contributed by atoms with Crippen LogP contribution in [0.2, 0.25) is 0 Å². The van der Waals surface area contributed by atoms with E-state index in [1.165, 1.54) is 0 Å². The zero-order chi connectivity index (χ0) is 23.3. The quantitative estimate of drug-likeness (QED) is 0.357. The van der Waals surface area contributed by atoms with Crippen molar-refractivity contribution >= 4 is 47.3 Å². The summed E-state index contributed by atoms with van der Waals surface area (Å²) in [5.41, 5.74) is 2.15. The fourth-order valence-electron chi connectivity index (χ4n) is 3.13. The fraction of sp³-hybridized carbons (Fsp3) is 0.174. The molecule has 1 heterocycles. The highest BCUT2D eigenvalue weighted by Gasteiger charge is 2.44. The molecular weight excluding hydrogens is 444 g/mol. The van der Waals surface area contributed by atoms with Crippen LogP contribution in [0.25, 0.3) is 5.57 Å². The molecule has 0 spiro atoms. The van der Waals surface area contributed by atoms with Crippen molar-refractivity contribution in [3.05, 3.63) is 76.4 Å². The number of hydrogen-bond donors (Lipinski definition) is 0. The highest BCUT2D eigenvalue weighted by Crippen LogP contribution is 2.36. The Morgan fingerprint density at radius 1 is 0.750 bits per heavy atom. The predicted octanol–water partition coefficient (Wildman–Crippen LogP) is 4.36. The largest absolute Gasteiger partial charge is 0.354 e. The molecule has 2 aromatic rings. The van der Waals surface area contributed by atoms with Crippen molar-refractivity contribution in [1.29, 1.82) is 10.5 Å². The van der Waals surface area contributed by atoms with Gasteiger partial charge in [0.1, 0.15) is 5.57 Å². The maximum absolute atomic E-state index is 13.4. The van der Waals surface area contributed by atoms with Gasteiger partial charge in [0.2, 0.25) is 0 Å². The van der Waals surface area contributed by atoms with Crippen LogP contribution in [0.4, 0.5) is 4.79 Å². The highest BCUT2D eigenvalue weighted by molar-refractivity contribution is 7.99. The van der Waals surface area contributed by atoms with Crippen LogP contribution in [0.3, 0.4) is 0 Å². The topological polar surface area (TPSA) is 105 Å². The minimum absolute atomic E-state index is 0.138. The number of carbonyl (C=O) groups excluding carboxylic acids is 3. The molecule has 1 saturated heterocycles. The first-order valence-electron chi connectivity index (χ1n) is 9.70. The smallest absolute Gasteiger partial charge is 0.267 e. The van der Waals surface area contributed by atoms with Gasteiger partial charge in [-0.2, -0.15) is 19.1 Å². The van der Waals surface area contributed by atoms with E-state index in [0.29, 0.717) is 39.3 Å². The molecule has 7 nitrogen and oxygen atoms in total. The van der Waals surface area contributed by atoms with Gasteiger partial charge in [0.05, 0.1) is 23.3 Å². The SMILES string of the molecule is CCSN1C(=O)C(=C(c2ccc(C#N)cc2)c2ccc(C#N)cc2)C(=O)N(SCC)C1=O. The summed E-state index contributed by atoms with van der Waals surface area (Å²) in [6.07, 6.45) is 0. The average Bonchev–Trinajstić information content (AvgIpc) is 2.82. The summed E-state index contributed by atoms with van der Waals surface area (Å²) in [4.78, 5) is 39.6. The maximum atomic E-state index is 13.4. The Balaban J connectivity index is 2.31. The van der Waals surface area contributed by atoms with Crippen molar-refractivity contribution in [3.8, 4) is 12.1 Å². The molecule has 0 N–H and O–H groups in total. The molecule has 32 heavy (non-hydrogen) atoms. The first-order chi connectivity index (χ1) is 15.5. The lowest BCUT2D eigenvalue weighted by atomic mass is 9.90. The Hall–Kier alpha value is -3.53. The second kappa shape index (κ2) is 10.2.